The van der Waals surface area contributed by atoms with Crippen molar-refractivity contribution < 1.29 is 4.39 Å². The Balaban J connectivity index is 1.84. The van der Waals surface area contributed by atoms with Crippen molar-refractivity contribution in [1.82, 2.24) is 4.98 Å². The van der Waals surface area contributed by atoms with Crippen LogP contribution in [0.1, 0.15) is 16.6 Å². The highest BCUT2D eigenvalue weighted by molar-refractivity contribution is 7.18. The van der Waals surface area contributed by atoms with Crippen molar-refractivity contribution >= 4 is 33.2 Å². The second-order valence-corrected chi connectivity index (χ2v) is 6.08. The molecular formula is C15H12ClFN2S. The van der Waals surface area contributed by atoms with E-state index in [1.807, 2.05) is 24.3 Å². The van der Waals surface area contributed by atoms with Gasteiger partial charge in [0.1, 0.15) is 5.82 Å². The van der Waals surface area contributed by atoms with Gasteiger partial charge in [-0.05, 0) is 29.8 Å². The minimum absolute atomic E-state index is 0.0993. The van der Waals surface area contributed by atoms with E-state index < -0.39 is 5.82 Å². The van der Waals surface area contributed by atoms with Crippen LogP contribution in [-0.4, -0.2) is 4.98 Å². The van der Waals surface area contributed by atoms with Gasteiger partial charge in [-0.2, -0.15) is 0 Å². The number of rotatable bonds is 3. The first kappa shape index (κ1) is 13.5. The average Bonchev–Trinajstić information content (AvgIpc) is 2.83. The average molecular weight is 307 g/mol. The molecule has 0 aliphatic carbocycles. The van der Waals surface area contributed by atoms with Crippen molar-refractivity contribution in [1.29, 1.82) is 0 Å². The van der Waals surface area contributed by atoms with Gasteiger partial charge in [-0.1, -0.05) is 29.8 Å². The topological polar surface area (TPSA) is 38.9 Å². The highest BCUT2D eigenvalue weighted by Crippen LogP contribution is 2.26. The van der Waals surface area contributed by atoms with Crippen molar-refractivity contribution in [2.75, 3.05) is 0 Å². The summed E-state index contributed by atoms with van der Waals surface area (Å²) >= 11 is 7.41. The standard InChI is InChI=1S/C15H12ClFN2S/c16-10-7-9(5-6-11(10)17)12(18)8-15-19-13-3-1-2-4-14(13)20-15/h1-7,12H,8,18H2. The van der Waals surface area contributed by atoms with Gasteiger partial charge < -0.3 is 5.73 Å². The van der Waals surface area contributed by atoms with Gasteiger partial charge in [-0.25, -0.2) is 9.37 Å². The molecule has 5 heteroatoms. The summed E-state index contributed by atoms with van der Waals surface area (Å²) in [6.45, 7) is 0. The predicted octanol–water partition coefficient (Wildman–Crippen LogP) is 4.33. The van der Waals surface area contributed by atoms with Crippen LogP contribution in [-0.2, 0) is 6.42 Å². The Bertz CT molecular complexity index is 723. The highest BCUT2D eigenvalue weighted by Gasteiger charge is 2.12. The van der Waals surface area contributed by atoms with Crippen molar-refractivity contribution in [2.24, 2.45) is 5.73 Å². The molecule has 0 bridgehead atoms. The van der Waals surface area contributed by atoms with E-state index >= 15 is 0 Å². The van der Waals surface area contributed by atoms with Crippen molar-refractivity contribution in [3.63, 3.8) is 0 Å². The summed E-state index contributed by atoms with van der Waals surface area (Å²) in [5.74, 6) is -0.428. The second kappa shape index (κ2) is 5.48. The zero-order valence-corrected chi connectivity index (χ0v) is 12.1. The number of para-hydroxylation sites is 1. The molecular weight excluding hydrogens is 295 g/mol. The van der Waals surface area contributed by atoms with E-state index in [4.69, 9.17) is 17.3 Å². The van der Waals surface area contributed by atoms with Gasteiger partial charge in [0.05, 0.1) is 20.2 Å². The fourth-order valence-electron chi connectivity index (χ4n) is 2.06. The number of aromatic nitrogens is 1. The Kier molecular flexibility index (Phi) is 3.70. The summed E-state index contributed by atoms with van der Waals surface area (Å²) in [5, 5.41) is 1.07. The van der Waals surface area contributed by atoms with Crippen LogP contribution in [0.2, 0.25) is 5.02 Å². The normalized spacial score (nSPS) is 12.8. The number of halogens is 2. The summed E-state index contributed by atoms with van der Waals surface area (Å²) in [5.41, 5.74) is 7.95. The number of thiazole rings is 1. The van der Waals surface area contributed by atoms with Crippen LogP contribution in [0.25, 0.3) is 10.2 Å². The molecule has 2 nitrogen and oxygen atoms in total. The smallest absolute Gasteiger partial charge is 0.141 e. The fraction of sp³-hybridized carbons (Fsp3) is 0.133. The summed E-state index contributed by atoms with van der Waals surface area (Å²) in [6, 6.07) is 12.3. The van der Waals surface area contributed by atoms with Gasteiger partial charge in [0.2, 0.25) is 0 Å². The number of hydrogen-bond acceptors (Lipinski definition) is 3. The van der Waals surface area contributed by atoms with Crippen molar-refractivity contribution in [2.45, 2.75) is 12.5 Å². The van der Waals surface area contributed by atoms with Crippen LogP contribution in [0, 0.1) is 5.82 Å². The van der Waals surface area contributed by atoms with Crippen molar-refractivity contribution in [3.8, 4) is 0 Å². The van der Waals surface area contributed by atoms with E-state index in [1.165, 1.54) is 6.07 Å². The molecule has 1 unspecified atom stereocenters. The lowest BCUT2D eigenvalue weighted by atomic mass is 10.1. The lowest BCUT2D eigenvalue weighted by Gasteiger charge is -2.10. The zero-order valence-electron chi connectivity index (χ0n) is 10.5. The molecule has 0 aliphatic rings. The molecule has 3 aromatic rings. The molecule has 1 atom stereocenters. The maximum atomic E-state index is 13.1. The number of hydrogen-bond donors (Lipinski definition) is 1. The maximum absolute atomic E-state index is 13.1. The lowest BCUT2D eigenvalue weighted by Crippen LogP contribution is -2.13. The zero-order chi connectivity index (χ0) is 14.1. The minimum atomic E-state index is -0.428. The first-order valence-electron chi connectivity index (χ1n) is 6.18. The van der Waals surface area contributed by atoms with Crippen LogP contribution in [0.5, 0.6) is 0 Å². The molecule has 1 aromatic heterocycles. The largest absolute Gasteiger partial charge is 0.324 e. The molecule has 2 aromatic carbocycles. The minimum Gasteiger partial charge on any atom is -0.324 e. The van der Waals surface area contributed by atoms with Gasteiger partial charge in [0.25, 0.3) is 0 Å². The summed E-state index contributed by atoms with van der Waals surface area (Å²) < 4.78 is 14.3. The van der Waals surface area contributed by atoms with E-state index in [0.29, 0.717) is 6.42 Å². The van der Waals surface area contributed by atoms with E-state index in [9.17, 15) is 4.39 Å². The third-order valence-corrected chi connectivity index (χ3v) is 4.45. The number of fused-ring (bicyclic) bond motifs is 1. The molecule has 1 heterocycles. The summed E-state index contributed by atoms with van der Waals surface area (Å²) in [6.07, 6.45) is 0.612. The molecule has 0 spiro atoms. The SMILES string of the molecule is NC(Cc1nc2ccccc2s1)c1ccc(F)c(Cl)c1. The Labute approximate surface area is 125 Å². The van der Waals surface area contributed by atoms with E-state index in [2.05, 4.69) is 4.98 Å². The third kappa shape index (κ3) is 2.68. The van der Waals surface area contributed by atoms with Gasteiger partial charge in [-0.15, -0.1) is 11.3 Å². The predicted molar refractivity (Wildman–Crippen MR) is 81.7 cm³/mol. The lowest BCUT2D eigenvalue weighted by molar-refractivity contribution is 0.625. The molecule has 102 valence electrons. The highest BCUT2D eigenvalue weighted by atomic mass is 35.5. The van der Waals surface area contributed by atoms with Crippen LogP contribution < -0.4 is 5.73 Å². The monoisotopic (exact) mass is 306 g/mol. The Morgan fingerprint density at radius 3 is 2.80 bits per heavy atom. The molecule has 20 heavy (non-hydrogen) atoms. The van der Waals surface area contributed by atoms with Gasteiger partial charge in [-0.3, -0.25) is 0 Å². The molecule has 0 saturated heterocycles. The van der Waals surface area contributed by atoms with E-state index in [1.54, 1.807) is 23.5 Å². The Morgan fingerprint density at radius 1 is 1.25 bits per heavy atom. The molecule has 0 radical (unpaired) electrons. The van der Waals surface area contributed by atoms with Crippen LogP contribution in [0.15, 0.2) is 42.5 Å². The maximum Gasteiger partial charge on any atom is 0.141 e. The van der Waals surface area contributed by atoms with Crippen LogP contribution >= 0.6 is 22.9 Å². The second-order valence-electron chi connectivity index (χ2n) is 4.56. The van der Waals surface area contributed by atoms with Gasteiger partial charge in [0.15, 0.2) is 0 Å². The summed E-state index contributed by atoms with van der Waals surface area (Å²) in [4.78, 5) is 4.55. The van der Waals surface area contributed by atoms with Gasteiger partial charge in [0, 0.05) is 12.5 Å². The third-order valence-electron chi connectivity index (χ3n) is 3.10. The first-order chi connectivity index (χ1) is 9.63. The Hall–Kier alpha value is -1.49. The fourth-order valence-corrected chi connectivity index (χ4v) is 3.27. The van der Waals surface area contributed by atoms with Crippen molar-refractivity contribution in [3.05, 3.63) is 63.9 Å². The van der Waals surface area contributed by atoms with Crippen LogP contribution in [0.4, 0.5) is 4.39 Å². The first-order valence-corrected chi connectivity index (χ1v) is 7.38. The molecule has 0 amide bonds. The van der Waals surface area contributed by atoms with Gasteiger partial charge >= 0.3 is 0 Å². The number of nitrogens with two attached hydrogens (primary N) is 1. The van der Waals surface area contributed by atoms with E-state index in [-0.39, 0.29) is 11.1 Å². The number of nitrogens with zero attached hydrogens (tertiary/aromatic N) is 1. The molecule has 2 N–H and O–H groups in total. The quantitative estimate of drug-likeness (QED) is 0.782. The molecule has 0 aliphatic heterocycles. The van der Waals surface area contributed by atoms with Crippen LogP contribution in [0.3, 0.4) is 0 Å². The Morgan fingerprint density at radius 2 is 2.05 bits per heavy atom. The van der Waals surface area contributed by atoms with E-state index in [0.717, 1.165) is 20.8 Å². The summed E-state index contributed by atoms with van der Waals surface area (Å²) in [7, 11) is 0. The molecule has 0 saturated carbocycles. The molecule has 0 fully saturated rings. The number of benzene rings is 2. The molecule has 3 rings (SSSR count).